The third-order valence-electron chi connectivity index (χ3n) is 3.91. The molecule has 0 radical (unpaired) electrons. The minimum Gasteiger partial charge on any atom is -0.480 e. The van der Waals surface area contributed by atoms with Crippen LogP contribution < -0.4 is 5.32 Å². The van der Waals surface area contributed by atoms with Gasteiger partial charge in [0.2, 0.25) is 10.0 Å². The molecule has 1 rings (SSSR count). The highest BCUT2D eigenvalue weighted by molar-refractivity contribution is 7.89. The maximum atomic E-state index is 12.4. The van der Waals surface area contributed by atoms with Crippen LogP contribution in [0.2, 0.25) is 0 Å². The minimum atomic E-state index is -3.58. The summed E-state index contributed by atoms with van der Waals surface area (Å²) in [5, 5.41) is 11.6. The van der Waals surface area contributed by atoms with E-state index in [0.29, 0.717) is 25.9 Å². The molecule has 0 bridgehead atoms. The Hall–Kier alpha value is -1.93. The van der Waals surface area contributed by atoms with Gasteiger partial charge in [-0.1, -0.05) is 33.6 Å². The third-order valence-corrected chi connectivity index (χ3v) is 5.97. The molecule has 0 aliphatic heterocycles. The van der Waals surface area contributed by atoms with Crippen LogP contribution in [0.4, 0.5) is 0 Å². The highest BCUT2D eigenvalue weighted by atomic mass is 32.2. The van der Waals surface area contributed by atoms with E-state index in [9.17, 15) is 18.0 Å². The summed E-state index contributed by atoms with van der Waals surface area (Å²) in [6.07, 6.45) is 1.88. The van der Waals surface area contributed by atoms with Gasteiger partial charge in [-0.3, -0.25) is 4.79 Å². The molecular formula is C17H26N2O5S. The summed E-state index contributed by atoms with van der Waals surface area (Å²) in [6, 6.07) is 4.57. The summed E-state index contributed by atoms with van der Waals surface area (Å²) in [7, 11) is -3.58. The standard InChI is InChI=1S/C17H26N2O5S/c1-4-7-8-15(17(21)22)18-16(20)13-9-11-14(12-10-13)25(23,24)19(5-2)6-3/h9-12,15H,4-8H2,1-3H3,(H,18,20)(H,21,22). The third kappa shape index (κ3) is 5.54. The van der Waals surface area contributed by atoms with E-state index in [0.717, 1.165) is 6.42 Å². The number of carbonyl (C=O) groups excluding carboxylic acids is 1. The lowest BCUT2D eigenvalue weighted by atomic mass is 10.1. The molecule has 0 saturated heterocycles. The number of nitrogens with one attached hydrogen (secondary N) is 1. The zero-order chi connectivity index (χ0) is 19.0. The molecule has 25 heavy (non-hydrogen) atoms. The first-order valence-corrected chi connectivity index (χ1v) is 9.85. The minimum absolute atomic E-state index is 0.105. The lowest BCUT2D eigenvalue weighted by Crippen LogP contribution is -2.40. The summed E-state index contributed by atoms with van der Waals surface area (Å²) >= 11 is 0. The van der Waals surface area contributed by atoms with Crippen LogP contribution in [0, 0.1) is 0 Å². The van der Waals surface area contributed by atoms with E-state index in [-0.39, 0.29) is 10.5 Å². The average molecular weight is 370 g/mol. The predicted molar refractivity (Wildman–Crippen MR) is 95.0 cm³/mol. The second kappa shape index (κ2) is 9.53. The predicted octanol–water partition coefficient (Wildman–Crippen LogP) is 2.09. The molecule has 8 heteroatoms. The molecule has 0 heterocycles. The fourth-order valence-corrected chi connectivity index (χ4v) is 3.86. The van der Waals surface area contributed by atoms with Crippen LogP contribution in [0.5, 0.6) is 0 Å². The first-order valence-electron chi connectivity index (χ1n) is 8.41. The van der Waals surface area contributed by atoms with Crippen LogP contribution >= 0.6 is 0 Å². The van der Waals surface area contributed by atoms with Crippen molar-refractivity contribution < 1.29 is 23.1 Å². The number of amides is 1. The Morgan fingerprint density at radius 2 is 1.68 bits per heavy atom. The Labute approximate surface area is 149 Å². The van der Waals surface area contributed by atoms with Crippen LogP contribution in [0.1, 0.15) is 50.4 Å². The summed E-state index contributed by atoms with van der Waals surface area (Å²) in [6.45, 7) is 6.17. The fourth-order valence-electron chi connectivity index (χ4n) is 2.40. The summed E-state index contributed by atoms with van der Waals surface area (Å²) in [4.78, 5) is 23.5. The van der Waals surface area contributed by atoms with Crippen molar-refractivity contribution in [2.24, 2.45) is 0 Å². The van der Waals surface area contributed by atoms with E-state index in [1.807, 2.05) is 6.92 Å². The van der Waals surface area contributed by atoms with Crippen molar-refractivity contribution in [1.82, 2.24) is 9.62 Å². The average Bonchev–Trinajstić information content (AvgIpc) is 2.59. The maximum absolute atomic E-state index is 12.4. The van der Waals surface area contributed by atoms with Gasteiger partial charge >= 0.3 is 5.97 Å². The largest absolute Gasteiger partial charge is 0.480 e. The molecule has 140 valence electrons. The Kier molecular flexibility index (Phi) is 8.05. The van der Waals surface area contributed by atoms with Gasteiger partial charge < -0.3 is 10.4 Å². The number of aliphatic carboxylic acids is 1. The zero-order valence-electron chi connectivity index (χ0n) is 14.9. The first kappa shape index (κ1) is 21.1. The van der Waals surface area contributed by atoms with Crippen LogP contribution in [0.25, 0.3) is 0 Å². The molecule has 0 saturated carbocycles. The lowest BCUT2D eigenvalue weighted by molar-refractivity contribution is -0.139. The van der Waals surface area contributed by atoms with E-state index in [1.165, 1.54) is 28.6 Å². The number of carbonyl (C=O) groups is 2. The van der Waals surface area contributed by atoms with E-state index in [1.54, 1.807) is 13.8 Å². The van der Waals surface area contributed by atoms with Crippen molar-refractivity contribution in [3.63, 3.8) is 0 Å². The normalized spacial score (nSPS) is 12.8. The molecule has 1 aromatic carbocycles. The zero-order valence-corrected chi connectivity index (χ0v) is 15.7. The van der Waals surface area contributed by atoms with E-state index in [4.69, 9.17) is 5.11 Å². The number of sulfonamides is 1. The highest BCUT2D eigenvalue weighted by Crippen LogP contribution is 2.16. The van der Waals surface area contributed by atoms with Crippen LogP contribution in [0.15, 0.2) is 29.2 Å². The fraction of sp³-hybridized carbons (Fsp3) is 0.529. The Morgan fingerprint density at radius 1 is 1.12 bits per heavy atom. The first-order chi connectivity index (χ1) is 11.8. The van der Waals surface area contributed by atoms with Crippen LogP contribution in [-0.4, -0.2) is 48.8 Å². The molecule has 0 spiro atoms. The number of benzene rings is 1. The molecule has 0 fully saturated rings. The van der Waals surface area contributed by atoms with Crippen molar-refractivity contribution in [1.29, 1.82) is 0 Å². The van der Waals surface area contributed by atoms with E-state index < -0.39 is 27.9 Å². The molecule has 0 aliphatic carbocycles. The van der Waals surface area contributed by atoms with Crippen molar-refractivity contribution in [2.45, 2.75) is 51.0 Å². The second-order valence-electron chi connectivity index (χ2n) is 5.62. The Morgan fingerprint density at radius 3 is 2.12 bits per heavy atom. The van der Waals surface area contributed by atoms with Gasteiger partial charge in [0.05, 0.1) is 4.90 Å². The van der Waals surface area contributed by atoms with Gasteiger partial charge in [0.25, 0.3) is 5.91 Å². The molecule has 1 aromatic rings. The smallest absolute Gasteiger partial charge is 0.326 e. The van der Waals surface area contributed by atoms with Crippen molar-refractivity contribution in [3.05, 3.63) is 29.8 Å². The molecular weight excluding hydrogens is 344 g/mol. The quantitative estimate of drug-likeness (QED) is 0.656. The summed E-state index contributed by atoms with van der Waals surface area (Å²) in [5.41, 5.74) is 0.223. The molecule has 0 aliphatic rings. The van der Waals surface area contributed by atoms with Gasteiger partial charge in [0.15, 0.2) is 0 Å². The number of carboxylic acids is 1. The Bertz CT molecular complexity index is 681. The van der Waals surface area contributed by atoms with Gasteiger partial charge in [0.1, 0.15) is 6.04 Å². The second-order valence-corrected chi connectivity index (χ2v) is 7.56. The van der Waals surface area contributed by atoms with Gasteiger partial charge in [0, 0.05) is 18.7 Å². The number of hydrogen-bond acceptors (Lipinski definition) is 4. The van der Waals surface area contributed by atoms with Gasteiger partial charge in [-0.15, -0.1) is 0 Å². The van der Waals surface area contributed by atoms with E-state index in [2.05, 4.69) is 5.32 Å². The number of carboxylic acid groups (broad SMARTS) is 1. The van der Waals surface area contributed by atoms with Gasteiger partial charge in [-0.25, -0.2) is 13.2 Å². The van der Waals surface area contributed by atoms with Crippen molar-refractivity contribution in [2.75, 3.05) is 13.1 Å². The highest BCUT2D eigenvalue weighted by Gasteiger charge is 2.23. The number of nitrogens with zero attached hydrogens (tertiary/aromatic N) is 1. The van der Waals surface area contributed by atoms with Gasteiger partial charge in [-0.2, -0.15) is 4.31 Å². The summed E-state index contributed by atoms with van der Waals surface area (Å²) < 4.78 is 26.1. The van der Waals surface area contributed by atoms with Crippen LogP contribution in [-0.2, 0) is 14.8 Å². The topological polar surface area (TPSA) is 104 Å². The van der Waals surface area contributed by atoms with E-state index >= 15 is 0 Å². The monoisotopic (exact) mass is 370 g/mol. The number of hydrogen-bond donors (Lipinski definition) is 2. The molecule has 0 aromatic heterocycles. The molecule has 2 N–H and O–H groups in total. The number of rotatable bonds is 10. The molecule has 1 amide bonds. The van der Waals surface area contributed by atoms with Crippen molar-refractivity contribution >= 4 is 21.9 Å². The van der Waals surface area contributed by atoms with Crippen molar-refractivity contribution in [3.8, 4) is 0 Å². The maximum Gasteiger partial charge on any atom is 0.326 e. The SMILES string of the molecule is CCCCC(NC(=O)c1ccc(S(=O)(=O)N(CC)CC)cc1)C(=O)O. The molecule has 1 unspecified atom stereocenters. The Balaban J connectivity index is 2.91. The van der Waals surface area contributed by atoms with Gasteiger partial charge in [-0.05, 0) is 30.7 Å². The molecule has 7 nitrogen and oxygen atoms in total. The molecule has 1 atom stereocenters. The summed E-state index contributed by atoms with van der Waals surface area (Å²) in [5.74, 6) is -1.61. The lowest BCUT2D eigenvalue weighted by Gasteiger charge is -2.18. The van der Waals surface area contributed by atoms with Crippen LogP contribution in [0.3, 0.4) is 0 Å². The number of unbranched alkanes of at least 4 members (excludes halogenated alkanes) is 1.